The van der Waals surface area contributed by atoms with Crippen molar-refractivity contribution in [2.75, 3.05) is 0 Å². The summed E-state index contributed by atoms with van der Waals surface area (Å²) < 4.78 is 19.7. The fourth-order valence-electron chi connectivity index (χ4n) is 2.20. The maximum absolute atomic E-state index is 13.8. The molecule has 0 heterocycles. The predicted molar refractivity (Wildman–Crippen MR) is 79.3 cm³/mol. The van der Waals surface area contributed by atoms with E-state index in [0.29, 0.717) is 0 Å². The highest BCUT2D eigenvalue weighted by molar-refractivity contribution is 5.33. The molecule has 2 aromatic carbocycles. The van der Waals surface area contributed by atoms with E-state index in [1.165, 1.54) is 6.07 Å². The molecular formula is C17H20FNO. The third-order valence-electron chi connectivity index (χ3n) is 3.31. The van der Waals surface area contributed by atoms with Crippen LogP contribution in [0.25, 0.3) is 0 Å². The first-order valence-electron chi connectivity index (χ1n) is 6.73. The Labute approximate surface area is 119 Å². The maximum Gasteiger partial charge on any atom is 0.165 e. The first-order chi connectivity index (χ1) is 9.49. The largest absolute Gasteiger partial charge is 0.481 e. The van der Waals surface area contributed by atoms with E-state index in [1.807, 2.05) is 45.0 Å². The van der Waals surface area contributed by atoms with Gasteiger partial charge < -0.3 is 10.5 Å². The van der Waals surface area contributed by atoms with Crippen molar-refractivity contribution in [1.29, 1.82) is 0 Å². The van der Waals surface area contributed by atoms with Crippen molar-refractivity contribution in [3.8, 4) is 5.75 Å². The molecule has 2 atom stereocenters. The number of hydrogen-bond acceptors (Lipinski definition) is 2. The summed E-state index contributed by atoms with van der Waals surface area (Å²) in [6, 6.07) is 12.5. The van der Waals surface area contributed by atoms with Gasteiger partial charge in [0.05, 0.1) is 0 Å². The van der Waals surface area contributed by atoms with Gasteiger partial charge in [-0.15, -0.1) is 0 Å². The Morgan fingerprint density at radius 2 is 1.80 bits per heavy atom. The number of ether oxygens (including phenoxy) is 1. The molecule has 3 heteroatoms. The molecule has 2 N–H and O–H groups in total. The van der Waals surface area contributed by atoms with Crippen LogP contribution in [0, 0.1) is 19.7 Å². The van der Waals surface area contributed by atoms with Crippen LogP contribution in [0.3, 0.4) is 0 Å². The molecule has 0 fully saturated rings. The lowest BCUT2D eigenvalue weighted by molar-refractivity contribution is 0.172. The van der Waals surface area contributed by atoms with E-state index in [9.17, 15) is 4.39 Å². The summed E-state index contributed by atoms with van der Waals surface area (Å²) in [5.41, 5.74) is 9.05. The van der Waals surface area contributed by atoms with Crippen LogP contribution in [-0.4, -0.2) is 6.04 Å². The van der Waals surface area contributed by atoms with E-state index >= 15 is 0 Å². The van der Waals surface area contributed by atoms with Gasteiger partial charge in [0.15, 0.2) is 11.6 Å². The molecule has 106 valence electrons. The van der Waals surface area contributed by atoms with Crippen molar-refractivity contribution in [3.05, 3.63) is 65.0 Å². The quantitative estimate of drug-likeness (QED) is 0.916. The Kier molecular flexibility index (Phi) is 4.40. The van der Waals surface area contributed by atoms with Crippen LogP contribution >= 0.6 is 0 Å². The minimum Gasteiger partial charge on any atom is -0.481 e. The zero-order chi connectivity index (χ0) is 14.7. The van der Waals surface area contributed by atoms with E-state index in [4.69, 9.17) is 10.5 Å². The molecule has 0 aliphatic carbocycles. The van der Waals surface area contributed by atoms with Crippen LogP contribution in [0.5, 0.6) is 5.75 Å². The fraction of sp³-hybridized carbons (Fsp3) is 0.294. The van der Waals surface area contributed by atoms with Crippen LogP contribution in [0.2, 0.25) is 0 Å². The van der Waals surface area contributed by atoms with Gasteiger partial charge in [-0.05, 0) is 49.6 Å². The smallest absolute Gasteiger partial charge is 0.165 e. The van der Waals surface area contributed by atoms with Gasteiger partial charge in [-0.2, -0.15) is 0 Å². The van der Waals surface area contributed by atoms with Gasteiger partial charge in [0.25, 0.3) is 0 Å². The molecular weight excluding hydrogens is 253 g/mol. The van der Waals surface area contributed by atoms with Crippen LogP contribution in [0.15, 0.2) is 42.5 Å². The Morgan fingerprint density at radius 3 is 2.45 bits per heavy atom. The molecule has 2 aromatic rings. The Bertz CT molecular complexity index is 595. The monoisotopic (exact) mass is 273 g/mol. The summed E-state index contributed by atoms with van der Waals surface area (Å²) in [6.07, 6.45) is -0.368. The number of hydrogen-bond donors (Lipinski definition) is 1. The minimum atomic E-state index is -0.368. The summed E-state index contributed by atoms with van der Waals surface area (Å²) in [6.45, 7) is 5.77. The third kappa shape index (κ3) is 3.17. The summed E-state index contributed by atoms with van der Waals surface area (Å²) in [5.74, 6) is -0.120. The van der Waals surface area contributed by atoms with Gasteiger partial charge in [-0.3, -0.25) is 0 Å². The summed E-state index contributed by atoms with van der Waals surface area (Å²) >= 11 is 0. The highest BCUT2D eigenvalue weighted by atomic mass is 19.1. The van der Waals surface area contributed by atoms with Gasteiger partial charge >= 0.3 is 0 Å². The van der Waals surface area contributed by atoms with E-state index in [0.717, 1.165) is 16.7 Å². The lowest BCUT2D eigenvalue weighted by atomic mass is 9.99. The number of rotatable bonds is 4. The minimum absolute atomic E-state index is 0.240. The van der Waals surface area contributed by atoms with Gasteiger partial charge in [0.1, 0.15) is 6.10 Å². The van der Waals surface area contributed by atoms with E-state index < -0.39 is 0 Å². The Balaban J connectivity index is 2.36. The van der Waals surface area contributed by atoms with Crippen molar-refractivity contribution in [3.63, 3.8) is 0 Å². The van der Waals surface area contributed by atoms with Gasteiger partial charge in [-0.25, -0.2) is 4.39 Å². The average molecular weight is 273 g/mol. The number of halogens is 1. The molecule has 2 rings (SSSR count). The Hall–Kier alpha value is -1.87. The lowest BCUT2D eigenvalue weighted by Gasteiger charge is -2.24. The van der Waals surface area contributed by atoms with Gasteiger partial charge in [0, 0.05) is 6.04 Å². The molecule has 0 aliphatic heterocycles. The standard InChI is InChI=1S/C17H20FNO/c1-11-8-9-15(18)16(10-11)20-17(13(3)19)14-7-5-4-6-12(14)2/h4-10,13,17H,19H2,1-3H3. The van der Waals surface area contributed by atoms with Crippen molar-refractivity contribution in [1.82, 2.24) is 0 Å². The average Bonchev–Trinajstić information content (AvgIpc) is 2.40. The second-order valence-corrected chi connectivity index (χ2v) is 5.19. The van der Waals surface area contributed by atoms with E-state index in [1.54, 1.807) is 12.1 Å². The van der Waals surface area contributed by atoms with Crippen molar-refractivity contribution >= 4 is 0 Å². The summed E-state index contributed by atoms with van der Waals surface area (Å²) in [4.78, 5) is 0. The van der Waals surface area contributed by atoms with Crippen molar-refractivity contribution in [2.24, 2.45) is 5.73 Å². The third-order valence-corrected chi connectivity index (χ3v) is 3.31. The molecule has 0 aliphatic rings. The predicted octanol–water partition coefficient (Wildman–Crippen LogP) is 3.91. The molecule has 0 bridgehead atoms. The summed E-state index contributed by atoms with van der Waals surface area (Å²) in [5, 5.41) is 0. The molecule has 20 heavy (non-hydrogen) atoms. The van der Waals surface area contributed by atoms with Crippen LogP contribution in [0.1, 0.15) is 29.7 Å². The second kappa shape index (κ2) is 6.06. The number of aryl methyl sites for hydroxylation is 2. The molecule has 0 saturated carbocycles. The summed E-state index contributed by atoms with van der Waals surface area (Å²) in [7, 11) is 0. The first-order valence-corrected chi connectivity index (χ1v) is 6.73. The molecule has 0 amide bonds. The van der Waals surface area contributed by atoms with Crippen LogP contribution < -0.4 is 10.5 Å². The number of nitrogens with two attached hydrogens (primary N) is 1. The zero-order valence-corrected chi connectivity index (χ0v) is 12.1. The fourth-order valence-corrected chi connectivity index (χ4v) is 2.20. The molecule has 0 spiro atoms. The second-order valence-electron chi connectivity index (χ2n) is 5.19. The number of benzene rings is 2. The zero-order valence-electron chi connectivity index (χ0n) is 12.1. The highest BCUT2D eigenvalue weighted by Crippen LogP contribution is 2.28. The molecule has 0 saturated heterocycles. The van der Waals surface area contributed by atoms with Crippen LogP contribution in [0.4, 0.5) is 4.39 Å². The Morgan fingerprint density at radius 1 is 1.10 bits per heavy atom. The topological polar surface area (TPSA) is 35.2 Å². The van der Waals surface area contributed by atoms with Crippen molar-refractivity contribution in [2.45, 2.75) is 32.9 Å². The van der Waals surface area contributed by atoms with E-state index in [-0.39, 0.29) is 23.7 Å². The normalized spacial score (nSPS) is 13.8. The first kappa shape index (κ1) is 14.5. The lowest BCUT2D eigenvalue weighted by Crippen LogP contribution is -2.29. The molecule has 0 radical (unpaired) electrons. The molecule has 2 nitrogen and oxygen atoms in total. The molecule has 2 unspecified atom stereocenters. The highest BCUT2D eigenvalue weighted by Gasteiger charge is 2.21. The van der Waals surface area contributed by atoms with Gasteiger partial charge in [0.2, 0.25) is 0 Å². The van der Waals surface area contributed by atoms with E-state index in [2.05, 4.69) is 0 Å². The van der Waals surface area contributed by atoms with Gasteiger partial charge in [-0.1, -0.05) is 30.3 Å². The maximum atomic E-state index is 13.8. The van der Waals surface area contributed by atoms with Crippen molar-refractivity contribution < 1.29 is 9.13 Å². The SMILES string of the molecule is Cc1ccc(F)c(OC(c2ccccc2C)C(C)N)c1. The molecule has 0 aromatic heterocycles. The van der Waals surface area contributed by atoms with Crippen LogP contribution in [-0.2, 0) is 0 Å².